The molecule has 25 heavy (non-hydrogen) atoms. The number of benzene rings is 1. The molecule has 0 aliphatic carbocycles. The van der Waals surface area contributed by atoms with Crippen LogP contribution in [0.25, 0.3) is 0 Å². The molecule has 0 spiro atoms. The van der Waals surface area contributed by atoms with Gasteiger partial charge in [-0.15, -0.1) is 0 Å². The van der Waals surface area contributed by atoms with Gasteiger partial charge in [0, 0.05) is 13.1 Å². The van der Waals surface area contributed by atoms with E-state index in [1.165, 1.54) is 25.7 Å². The quantitative estimate of drug-likeness (QED) is 0.900. The fourth-order valence-corrected chi connectivity index (χ4v) is 4.49. The fourth-order valence-electron chi connectivity index (χ4n) is 3.26. The highest BCUT2D eigenvalue weighted by Gasteiger charge is 2.18. The van der Waals surface area contributed by atoms with E-state index in [2.05, 4.69) is 14.6 Å². The van der Waals surface area contributed by atoms with E-state index in [1.54, 1.807) is 31.3 Å². The second kappa shape index (κ2) is 7.44. The summed E-state index contributed by atoms with van der Waals surface area (Å²) < 4.78 is 27.8. The number of hydrogen-bond donors (Lipinski definition) is 1. The third kappa shape index (κ3) is 4.31. The molecule has 2 aromatic rings. The van der Waals surface area contributed by atoms with Crippen molar-refractivity contribution in [1.29, 1.82) is 0 Å². The van der Waals surface area contributed by atoms with Crippen LogP contribution >= 0.6 is 0 Å². The second-order valence-corrected chi connectivity index (χ2v) is 8.33. The van der Waals surface area contributed by atoms with Crippen LogP contribution in [-0.2, 0) is 10.0 Å². The van der Waals surface area contributed by atoms with E-state index in [0.29, 0.717) is 5.82 Å². The van der Waals surface area contributed by atoms with Gasteiger partial charge in [-0.1, -0.05) is 30.5 Å². The number of nitrogens with zero attached hydrogens (tertiary/aromatic N) is 2. The van der Waals surface area contributed by atoms with Crippen molar-refractivity contribution < 1.29 is 8.42 Å². The molecule has 3 rings (SSSR count). The lowest BCUT2D eigenvalue weighted by Gasteiger charge is -2.22. The van der Waals surface area contributed by atoms with Gasteiger partial charge in [-0.3, -0.25) is 4.72 Å². The first kappa shape index (κ1) is 17.7. The van der Waals surface area contributed by atoms with Crippen LogP contribution < -0.4 is 9.62 Å². The maximum atomic E-state index is 12.6. The second-order valence-electron chi connectivity index (χ2n) is 6.68. The third-order valence-corrected chi connectivity index (χ3v) is 6.09. The summed E-state index contributed by atoms with van der Waals surface area (Å²) in [4.78, 5) is 6.92. The largest absolute Gasteiger partial charge is 0.370 e. The van der Waals surface area contributed by atoms with Gasteiger partial charge in [0.05, 0.1) is 16.8 Å². The van der Waals surface area contributed by atoms with E-state index in [4.69, 9.17) is 0 Å². The predicted molar refractivity (Wildman–Crippen MR) is 102 cm³/mol. The molecule has 6 heteroatoms. The first-order valence-corrected chi connectivity index (χ1v) is 10.3. The van der Waals surface area contributed by atoms with Crippen molar-refractivity contribution in [2.75, 3.05) is 22.7 Å². The van der Waals surface area contributed by atoms with Gasteiger partial charge < -0.3 is 4.90 Å². The highest BCUT2D eigenvalue weighted by molar-refractivity contribution is 7.92. The molecule has 5 nitrogen and oxygen atoms in total. The van der Waals surface area contributed by atoms with Crippen molar-refractivity contribution in [1.82, 2.24) is 4.98 Å². The van der Waals surface area contributed by atoms with Crippen molar-refractivity contribution in [3.05, 3.63) is 47.7 Å². The highest BCUT2D eigenvalue weighted by Crippen LogP contribution is 2.22. The zero-order valence-electron chi connectivity index (χ0n) is 14.8. The van der Waals surface area contributed by atoms with Crippen LogP contribution in [0.3, 0.4) is 0 Å². The molecule has 1 aliphatic heterocycles. The molecule has 0 radical (unpaired) electrons. The average molecular weight is 359 g/mol. The van der Waals surface area contributed by atoms with Crippen molar-refractivity contribution in [2.45, 2.75) is 44.4 Å². The molecule has 1 fully saturated rings. The van der Waals surface area contributed by atoms with Crippen molar-refractivity contribution >= 4 is 21.5 Å². The van der Waals surface area contributed by atoms with Crippen molar-refractivity contribution in [2.24, 2.45) is 0 Å². The van der Waals surface area contributed by atoms with Gasteiger partial charge in [-0.2, -0.15) is 0 Å². The monoisotopic (exact) mass is 359 g/mol. The molecular formula is C19H25N3O2S. The predicted octanol–water partition coefficient (Wildman–Crippen LogP) is 3.88. The van der Waals surface area contributed by atoms with Gasteiger partial charge in [-0.25, -0.2) is 13.4 Å². The molecule has 1 aromatic carbocycles. The summed E-state index contributed by atoms with van der Waals surface area (Å²) in [6.45, 7) is 5.82. The van der Waals surface area contributed by atoms with Crippen LogP contribution in [0.15, 0.2) is 41.4 Å². The summed E-state index contributed by atoms with van der Waals surface area (Å²) in [5.41, 5.74) is 2.82. The summed E-state index contributed by atoms with van der Waals surface area (Å²) in [6.07, 6.45) is 6.70. The summed E-state index contributed by atoms with van der Waals surface area (Å²) in [5.74, 6) is 0.346. The molecule has 0 bridgehead atoms. The Labute approximate surface area is 150 Å². The topological polar surface area (TPSA) is 62.3 Å². The van der Waals surface area contributed by atoms with Crippen molar-refractivity contribution in [3.63, 3.8) is 0 Å². The summed E-state index contributed by atoms with van der Waals surface area (Å²) >= 11 is 0. The number of hydrogen-bond acceptors (Lipinski definition) is 4. The first-order chi connectivity index (χ1) is 12.0. The number of nitrogens with one attached hydrogen (secondary N) is 1. The molecule has 1 saturated heterocycles. The number of rotatable bonds is 4. The maximum Gasteiger partial charge on any atom is 0.263 e. The zero-order chi connectivity index (χ0) is 17.9. The van der Waals surface area contributed by atoms with E-state index in [-0.39, 0.29) is 4.90 Å². The number of aryl methyl sites for hydroxylation is 2. The Kier molecular flexibility index (Phi) is 5.27. The Bertz CT molecular complexity index is 824. The molecule has 1 aliphatic rings. The van der Waals surface area contributed by atoms with Gasteiger partial charge in [0.1, 0.15) is 5.82 Å². The van der Waals surface area contributed by atoms with E-state index in [9.17, 15) is 8.42 Å². The summed E-state index contributed by atoms with van der Waals surface area (Å²) in [5, 5.41) is 0. The SMILES string of the molecule is Cc1ccc(S(=O)(=O)Nc2ccc(N3CCCCCC3)cn2)c(C)c1. The van der Waals surface area contributed by atoms with Crippen LogP contribution in [0.4, 0.5) is 11.5 Å². The highest BCUT2D eigenvalue weighted by atomic mass is 32.2. The lowest BCUT2D eigenvalue weighted by atomic mass is 10.2. The molecule has 2 heterocycles. The molecule has 0 saturated carbocycles. The molecule has 1 aromatic heterocycles. The standard InChI is InChI=1S/C19H25N3O2S/c1-15-7-9-18(16(2)13-15)25(23,24)21-19-10-8-17(14-20-19)22-11-5-3-4-6-12-22/h7-10,13-14H,3-6,11-12H2,1-2H3,(H,20,21). The smallest absolute Gasteiger partial charge is 0.263 e. The van der Waals surface area contributed by atoms with Gasteiger partial charge in [0.2, 0.25) is 0 Å². The molecule has 134 valence electrons. The fraction of sp³-hybridized carbons (Fsp3) is 0.421. The molecular weight excluding hydrogens is 334 g/mol. The third-order valence-electron chi connectivity index (χ3n) is 4.58. The Morgan fingerprint density at radius 3 is 2.32 bits per heavy atom. The van der Waals surface area contributed by atoms with Crippen LogP contribution in [0.5, 0.6) is 0 Å². The van der Waals surface area contributed by atoms with Crippen LogP contribution in [0.1, 0.15) is 36.8 Å². The van der Waals surface area contributed by atoms with Gasteiger partial charge in [-0.05, 0) is 50.5 Å². The minimum absolute atomic E-state index is 0.288. The van der Waals surface area contributed by atoms with Gasteiger partial charge in [0.25, 0.3) is 10.0 Å². The Morgan fingerprint density at radius 2 is 1.72 bits per heavy atom. The number of sulfonamides is 1. The molecule has 1 N–H and O–H groups in total. The molecule has 0 amide bonds. The minimum atomic E-state index is -3.63. The number of aromatic nitrogens is 1. The van der Waals surface area contributed by atoms with Crippen LogP contribution in [0.2, 0.25) is 0 Å². The van der Waals surface area contributed by atoms with E-state index in [0.717, 1.165) is 29.9 Å². The van der Waals surface area contributed by atoms with Crippen LogP contribution in [-0.4, -0.2) is 26.5 Å². The van der Waals surface area contributed by atoms with Crippen molar-refractivity contribution in [3.8, 4) is 0 Å². The normalized spacial score (nSPS) is 15.7. The zero-order valence-corrected chi connectivity index (χ0v) is 15.6. The van der Waals surface area contributed by atoms with Crippen LogP contribution in [0, 0.1) is 13.8 Å². The Hall–Kier alpha value is -2.08. The average Bonchev–Trinajstić information content (AvgIpc) is 2.84. The van der Waals surface area contributed by atoms with E-state index >= 15 is 0 Å². The maximum absolute atomic E-state index is 12.6. The summed E-state index contributed by atoms with van der Waals surface area (Å²) in [7, 11) is -3.63. The van der Waals surface area contributed by atoms with E-state index < -0.39 is 10.0 Å². The molecule has 0 unspecified atom stereocenters. The lowest BCUT2D eigenvalue weighted by Crippen LogP contribution is -2.24. The number of anilines is 2. The number of pyridine rings is 1. The molecule has 0 atom stereocenters. The first-order valence-electron chi connectivity index (χ1n) is 8.77. The minimum Gasteiger partial charge on any atom is -0.370 e. The lowest BCUT2D eigenvalue weighted by molar-refractivity contribution is 0.600. The van der Waals surface area contributed by atoms with Gasteiger partial charge in [0.15, 0.2) is 0 Å². The Morgan fingerprint density at radius 1 is 1.00 bits per heavy atom. The van der Waals surface area contributed by atoms with E-state index in [1.807, 2.05) is 19.1 Å². The summed E-state index contributed by atoms with van der Waals surface area (Å²) in [6, 6.07) is 8.99. The Balaban J connectivity index is 1.76. The van der Waals surface area contributed by atoms with Gasteiger partial charge >= 0.3 is 0 Å².